The van der Waals surface area contributed by atoms with Gasteiger partial charge in [-0.2, -0.15) is 4.68 Å². The number of carbonyl (C=O) groups is 2. The first-order valence-corrected chi connectivity index (χ1v) is 8.37. The fourth-order valence-corrected chi connectivity index (χ4v) is 2.55. The van der Waals surface area contributed by atoms with E-state index >= 15 is 0 Å². The highest BCUT2D eigenvalue weighted by molar-refractivity contribution is 5.96. The highest BCUT2D eigenvalue weighted by atomic mass is 16.7. The summed E-state index contributed by atoms with van der Waals surface area (Å²) in [5, 5.41) is 13.8. The van der Waals surface area contributed by atoms with Gasteiger partial charge in [-0.25, -0.2) is 0 Å². The third-order valence-electron chi connectivity index (χ3n) is 3.93. The first kappa shape index (κ1) is 17.5. The largest absolute Gasteiger partial charge is 0.456 e. The first-order valence-electron chi connectivity index (χ1n) is 8.37. The van der Waals surface area contributed by atoms with Crippen molar-refractivity contribution in [3.63, 3.8) is 0 Å². The molecule has 0 atom stereocenters. The summed E-state index contributed by atoms with van der Waals surface area (Å²) in [6.07, 6.45) is 0. The van der Waals surface area contributed by atoms with Crippen molar-refractivity contribution in [1.29, 1.82) is 0 Å². The van der Waals surface area contributed by atoms with E-state index in [4.69, 9.17) is 14.2 Å². The van der Waals surface area contributed by atoms with E-state index < -0.39 is 11.9 Å². The molecule has 1 aromatic heterocycles. The molecule has 28 heavy (non-hydrogen) atoms. The second kappa shape index (κ2) is 7.74. The van der Waals surface area contributed by atoms with Gasteiger partial charge in [0.05, 0.1) is 5.69 Å². The number of benzene rings is 2. The van der Waals surface area contributed by atoms with Gasteiger partial charge in [0.15, 0.2) is 23.9 Å². The van der Waals surface area contributed by atoms with Gasteiger partial charge in [-0.3, -0.25) is 9.59 Å². The van der Waals surface area contributed by atoms with Gasteiger partial charge < -0.3 is 19.5 Å². The molecule has 10 nitrogen and oxygen atoms in total. The molecule has 1 N–H and O–H groups in total. The van der Waals surface area contributed by atoms with Crippen LogP contribution in [-0.2, 0) is 16.1 Å². The van der Waals surface area contributed by atoms with Crippen LogP contribution < -0.4 is 14.8 Å². The standard InChI is InChI=1S/C18H15N5O5/c24-17(9-19-18(25)12-6-7-14-15(8-12)28-11-27-14)26-10-16-20-21-22-23(16)13-4-2-1-3-5-13/h1-8H,9-11H2,(H,19,25). The number of esters is 1. The maximum atomic E-state index is 12.2. The molecule has 2 heterocycles. The van der Waals surface area contributed by atoms with Crippen LogP contribution in [0, 0.1) is 0 Å². The lowest BCUT2D eigenvalue weighted by molar-refractivity contribution is -0.143. The minimum Gasteiger partial charge on any atom is -0.456 e. The van der Waals surface area contributed by atoms with E-state index in [0.717, 1.165) is 5.69 Å². The quantitative estimate of drug-likeness (QED) is 0.625. The van der Waals surface area contributed by atoms with Crippen LogP contribution in [0.15, 0.2) is 48.5 Å². The van der Waals surface area contributed by atoms with Crippen LogP contribution >= 0.6 is 0 Å². The molecule has 0 unspecified atom stereocenters. The predicted octanol–water partition coefficient (Wildman–Crippen LogP) is 0.864. The van der Waals surface area contributed by atoms with E-state index in [9.17, 15) is 9.59 Å². The minimum atomic E-state index is -0.614. The molecule has 1 aliphatic rings. The molecule has 0 bridgehead atoms. The van der Waals surface area contributed by atoms with Gasteiger partial charge in [0.2, 0.25) is 6.79 Å². The molecule has 1 aliphatic heterocycles. The summed E-state index contributed by atoms with van der Waals surface area (Å²) in [4.78, 5) is 24.1. The van der Waals surface area contributed by atoms with Gasteiger partial charge in [-0.15, -0.1) is 5.10 Å². The van der Waals surface area contributed by atoms with Crippen molar-refractivity contribution in [3.05, 3.63) is 59.9 Å². The molecule has 2 aromatic carbocycles. The van der Waals surface area contributed by atoms with Crippen LogP contribution in [0.3, 0.4) is 0 Å². The van der Waals surface area contributed by atoms with Gasteiger partial charge in [-0.05, 0) is 40.8 Å². The van der Waals surface area contributed by atoms with Crippen LogP contribution in [0.2, 0.25) is 0 Å². The lowest BCUT2D eigenvalue weighted by atomic mass is 10.2. The van der Waals surface area contributed by atoms with Crippen LogP contribution in [0.4, 0.5) is 0 Å². The maximum absolute atomic E-state index is 12.2. The number of nitrogens with zero attached hydrogens (tertiary/aromatic N) is 4. The summed E-state index contributed by atoms with van der Waals surface area (Å²) >= 11 is 0. The van der Waals surface area contributed by atoms with E-state index in [1.165, 1.54) is 4.68 Å². The highest BCUT2D eigenvalue weighted by Crippen LogP contribution is 2.32. The Morgan fingerprint density at radius 2 is 1.93 bits per heavy atom. The Hall–Kier alpha value is -3.95. The van der Waals surface area contributed by atoms with Crippen molar-refractivity contribution in [2.45, 2.75) is 6.61 Å². The van der Waals surface area contributed by atoms with Crippen molar-refractivity contribution >= 4 is 11.9 Å². The molecule has 142 valence electrons. The number of rotatable bonds is 6. The molecular formula is C18H15N5O5. The number of fused-ring (bicyclic) bond motifs is 1. The Balaban J connectivity index is 1.30. The molecule has 0 aliphatic carbocycles. The number of carbonyl (C=O) groups excluding carboxylic acids is 2. The second-order valence-electron chi connectivity index (χ2n) is 5.75. The number of aromatic nitrogens is 4. The van der Waals surface area contributed by atoms with Crippen molar-refractivity contribution in [3.8, 4) is 17.2 Å². The van der Waals surface area contributed by atoms with Crippen molar-refractivity contribution < 1.29 is 23.8 Å². The summed E-state index contributed by atoms with van der Waals surface area (Å²) in [7, 11) is 0. The van der Waals surface area contributed by atoms with Crippen molar-refractivity contribution in [2.24, 2.45) is 0 Å². The Kier molecular flexibility index (Phi) is 4.83. The zero-order valence-electron chi connectivity index (χ0n) is 14.6. The number of amides is 1. The second-order valence-corrected chi connectivity index (χ2v) is 5.75. The Morgan fingerprint density at radius 3 is 2.79 bits per heavy atom. The molecule has 1 amide bonds. The summed E-state index contributed by atoms with van der Waals surface area (Å²) in [5.41, 5.74) is 1.10. The minimum absolute atomic E-state index is 0.120. The van der Waals surface area contributed by atoms with Crippen LogP contribution in [0.25, 0.3) is 5.69 Å². The highest BCUT2D eigenvalue weighted by Gasteiger charge is 2.17. The van der Waals surface area contributed by atoms with Gasteiger partial charge >= 0.3 is 5.97 Å². The van der Waals surface area contributed by atoms with Crippen LogP contribution in [-0.4, -0.2) is 45.4 Å². The molecule has 0 saturated carbocycles. The molecular weight excluding hydrogens is 366 g/mol. The fraction of sp³-hybridized carbons (Fsp3) is 0.167. The van der Waals surface area contributed by atoms with E-state index in [1.807, 2.05) is 30.3 Å². The summed E-state index contributed by atoms with van der Waals surface area (Å²) in [6.45, 7) is -0.296. The topological polar surface area (TPSA) is 117 Å². The van der Waals surface area contributed by atoms with E-state index in [0.29, 0.717) is 22.9 Å². The van der Waals surface area contributed by atoms with E-state index in [1.54, 1.807) is 18.2 Å². The molecule has 0 saturated heterocycles. The van der Waals surface area contributed by atoms with Gasteiger partial charge in [0.25, 0.3) is 5.91 Å². The van der Waals surface area contributed by atoms with E-state index in [-0.39, 0.29) is 19.9 Å². The molecule has 0 spiro atoms. The number of para-hydroxylation sites is 1. The Bertz CT molecular complexity index is 1000. The molecule has 0 radical (unpaired) electrons. The third kappa shape index (κ3) is 3.75. The fourth-order valence-electron chi connectivity index (χ4n) is 2.55. The Labute approximate surface area is 159 Å². The SMILES string of the molecule is O=C(CNC(=O)c1ccc2c(c1)OCO2)OCc1nnnn1-c1ccccc1. The molecule has 10 heteroatoms. The number of hydrogen-bond acceptors (Lipinski definition) is 8. The number of ether oxygens (including phenoxy) is 3. The molecule has 4 rings (SSSR count). The van der Waals surface area contributed by atoms with E-state index in [2.05, 4.69) is 20.8 Å². The zero-order chi connectivity index (χ0) is 19.3. The maximum Gasteiger partial charge on any atom is 0.325 e. The number of tetrazole rings is 1. The lowest BCUT2D eigenvalue weighted by Crippen LogP contribution is -2.30. The number of hydrogen-bond donors (Lipinski definition) is 1. The average Bonchev–Trinajstić information content (AvgIpc) is 3.39. The smallest absolute Gasteiger partial charge is 0.325 e. The number of nitrogens with one attached hydrogen (secondary N) is 1. The first-order chi connectivity index (χ1) is 13.7. The van der Waals surface area contributed by atoms with Gasteiger partial charge in [0.1, 0.15) is 6.54 Å². The predicted molar refractivity (Wildman–Crippen MR) is 93.8 cm³/mol. The lowest BCUT2D eigenvalue weighted by Gasteiger charge is -2.07. The summed E-state index contributed by atoms with van der Waals surface area (Å²) < 4.78 is 17.0. The van der Waals surface area contributed by atoms with Gasteiger partial charge in [0, 0.05) is 5.56 Å². The zero-order valence-corrected chi connectivity index (χ0v) is 14.6. The summed E-state index contributed by atoms with van der Waals surface area (Å²) in [6, 6.07) is 14.0. The third-order valence-corrected chi connectivity index (χ3v) is 3.93. The van der Waals surface area contributed by atoms with Crippen molar-refractivity contribution in [1.82, 2.24) is 25.5 Å². The van der Waals surface area contributed by atoms with Crippen LogP contribution in [0.1, 0.15) is 16.2 Å². The molecule has 3 aromatic rings. The van der Waals surface area contributed by atoms with Crippen molar-refractivity contribution in [2.75, 3.05) is 13.3 Å². The average molecular weight is 381 g/mol. The summed E-state index contributed by atoms with van der Waals surface area (Å²) in [5.74, 6) is 0.387. The normalized spacial score (nSPS) is 11.9. The molecule has 0 fully saturated rings. The monoisotopic (exact) mass is 381 g/mol. The Morgan fingerprint density at radius 1 is 1.11 bits per heavy atom. The van der Waals surface area contributed by atoms with Gasteiger partial charge in [-0.1, -0.05) is 18.2 Å². The van der Waals surface area contributed by atoms with Crippen LogP contribution in [0.5, 0.6) is 11.5 Å².